The van der Waals surface area contributed by atoms with E-state index in [4.69, 9.17) is 9.15 Å². The predicted molar refractivity (Wildman–Crippen MR) is 113 cm³/mol. The van der Waals surface area contributed by atoms with Crippen LogP contribution in [0.15, 0.2) is 82.0 Å². The van der Waals surface area contributed by atoms with E-state index in [0.29, 0.717) is 11.5 Å². The summed E-state index contributed by atoms with van der Waals surface area (Å²) in [7, 11) is 0. The second kappa shape index (κ2) is 8.65. The van der Waals surface area contributed by atoms with Gasteiger partial charge < -0.3 is 14.5 Å². The molecule has 4 aromatic rings. The Kier molecular flexibility index (Phi) is 5.61. The van der Waals surface area contributed by atoms with E-state index < -0.39 is 0 Å². The zero-order valence-electron chi connectivity index (χ0n) is 16.4. The first-order chi connectivity index (χ1) is 14.6. The molecule has 1 atom stereocenters. The lowest BCUT2D eigenvalue weighted by Crippen LogP contribution is -2.32. The Labute approximate surface area is 172 Å². The highest BCUT2D eigenvalue weighted by atomic mass is 16.5. The number of aromatic nitrogens is 2. The minimum absolute atomic E-state index is 0.150. The number of furan rings is 1. The van der Waals surface area contributed by atoms with Crippen LogP contribution in [0.2, 0.25) is 0 Å². The molecule has 2 aromatic heterocycles. The van der Waals surface area contributed by atoms with Gasteiger partial charge in [-0.15, -0.1) is 0 Å². The van der Waals surface area contributed by atoms with Crippen molar-refractivity contribution in [3.63, 3.8) is 0 Å². The van der Waals surface area contributed by atoms with Gasteiger partial charge in [0, 0.05) is 11.5 Å². The predicted octanol–water partition coefficient (Wildman–Crippen LogP) is 3.56. The largest absolute Gasteiger partial charge is 0.492 e. The lowest BCUT2D eigenvalue weighted by atomic mass is 10.2. The first kappa shape index (κ1) is 19.4. The van der Waals surface area contributed by atoms with E-state index in [1.165, 1.54) is 16.8 Å². The summed E-state index contributed by atoms with van der Waals surface area (Å²) in [5, 5.41) is 8.01. The van der Waals surface area contributed by atoms with Gasteiger partial charge in [-0.1, -0.05) is 36.4 Å². The Balaban J connectivity index is 1.42. The van der Waals surface area contributed by atoms with Crippen molar-refractivity contribution in [1.82, 2.24) is 15.1 Å². The number of benzene rings is 2. The Morgan fingerprint density at radius 3 is 2.67 bits per heavy atom. The summed E-state index contributed by atoms with van der Waals surface area (Å²) in [6, 6.07) is 21.2. The number of carbonyl (C=O) groups is 1. The van der Waals surface area contributed by atoms with Gasteiger partial charge in [0.2, 0.25) is 0 Å². The number of amides is 1. The highest BCUT2D eigenvalue weighted by Crippen LogP contribution is 2.23. The van der Waals surface area contributed by atoms with Crippen LogP contribution in [0.5, 0.6) is 5.75 Å². The van der Waals surface area contributed by atoms with Gasteiger partial charge in [-0.3, -0.25) is 9.59 Å². The number of hydrogen-bond donors (Lipinski definition) is 1. The van der Waals surface area contributed by atoms with Crippen LogP contribution in [0.3, 0.4) is 0 Å². The monoisotopic (exact) mass is 403 g/mol. The molecule has 0 aliphatic rings. The standard InChI is InChI=1S/C23H21N3O4/c1-16(21-15-17-7-5-6-10-20(17)30-21)24-23(28)19-11-12-22(27)26(25-19)13-14-29-18-8-3-2-4-9-18/h2-12,15-16H,13-14H2,1H3,(H,24,28). The summed E-state index contributed by atoms with van der Waals surface area (Å²) in [4.78, 5) is 24.7. The summed E-state index contributed by atoms with van der Waals surface area (Å²) in [5.41, 5.74) is 0.615. The van der Waals surface area contributed by atoms with Crippen LogP contribution in [0.25, 0.3) is 11.0 Å². The summed E-state index contributed by atoms with van der Waals surface area (Å²) in [6.07, 6.45) is 0. The van der Waals surface area contributed by atoms with Gasteiger partial charge in [-0.25, -0.2) is 4.68 Å². The van der Waals surface area contributed by atoms with Gasteiger partial charge in [0.25, 0.3) is 11.5 Å². The number of rotatable bonds is 7. The molecule has 0 saturated carbocycles. The second-order valence-corrected chi connectivity index (χ2v) is 6.82. The van der Waals surface area contributed by atoms with Crippen LogP contribution >= 0.6 is 0 Å². The van der Waals surface area contributed by atoms with Crippen LogP contribution in [0.4, 0.5) is 0 Å². The summed E-state index contributed by atoms with van der Waals surface area (Å²) >= 11 is 0. The normalized spacial score (nSPS) is 11.9. The van der Waals surface area contributed by atoms with Crippen molar-refractivity contribution in [2.75, 3.05) is 6.61 Å². The van der Waals surface area contributed by atoms with E-state index in [-0.39, 0.29) is 36.4 Å². The van der Waals surface area contributed by atoms with E-state index >= 15 is 0 Å². The molecule has 0 fully saturated rings. The average Bonchev–Trinajstić information content (AvgIpc) is 3.20. The van der Waals surface area contributed by atoms with Crippen molar-refractivity contribution < 1.29 is 13.9 Å². The fourth-order valence-electron chi connectivity index (χ4n) is 3.05. The fraction of sp³-hybridized carbons (Fsp3) is 0.174. The summed E-state index contributed by atoms with van der Waals surface area (Å²) in [6.45, 7) is 2.32. The molecule has 1 unspecified atom stereocenters. The van der Waals surface area contributed by atoms with Gasteiger partial charge in [-0.2, -0.15) is 5.10 Å². The van der Waals surface area contributed by atoms with Crippen LogP contribution in [-0.2, 0) is 6.54 Å². The maximum Gasteiger partial charge on any atom is 0.272 e. The highest BCUT2D eigenvalue weighted by Gasteiger charge is 2.17. The van der Waals surface area contributed by atoms with E-state index in [0.717, 1.165) is 11.0 Å². The smallest absolute Gasteiger partial charge is 0.272 e. The molecule has 0 bridgehead atoms. The van der Waals surface area contributed by atoms with E-state index in [2.05, 4.69) is 10.4 Å². The Hall–Kier alpha value is -3.87. The van der Waals surface area contributed by atoms with Crippen molar-refractivity contribution in [2.24, 2.45) is 0 Å². The van der Waals surface area contributed by atoms with Gasteiger partial charge in [0.15, 0.2) is 0 Å². The van der Waals surface area contributed by atoms with Gasteiger partial charge in [0.05, 0.1) is 12.6 Å². The topological polar surface area (TPSA) is 86.4 Å². The van der Waals surface area contributed by atoms with Crippen LogP contribution in [-0.4, -0.2) is 22.3 Å². The van der Waals surface area contributed by atoms with Crippen molar-refractivity contribution in [1.29, 1.82) is 0 Å². The Morgan fingerprint density at radius 2 is 1.87 bits per heavy atom. The second-order valence-electron chi connectivity index (χ2n) is 6.82. The lowest BCUT2D eigenvalue weighted by molar-refractivity contribution is 0.0927. The third kappa shape index (κ3) is 4.41. The van der Waals surface area contributed by atoms with E-state index in [1.54, 1.807) is 0 Å². The minimum atomic E-state index is -0.388. The number of fused-ring (bicyclic) bond motifs is 1. The van der Waals surface area contributed by atoms with E-state index in [9.17, 15) is 9.59 Å². The number of para-hydroxylation sites is 2. The maximum atomic E-state index is 12.6. The van der Waals surface area contributed by atoms with Crippen LogP contribution in [0.1, 0.15) is 29.2 Å². The molecule has 4 rings (SSSR count). The third-order valence-electron chi connectivity index (χ3n) is 4.63. The first-order valence-electron chi connectivity index (χ1n) is 9.65. The Morgan fingerprint density at radius 1 is 1.10 bits per heavy atom. The van der Waals surface area contributed by atoms with Crippen molar-refractivity contribution in [3.05, 3.63) is 94.6 Å². The molecule has 1 amide bonds. The number of nitrogens with one attached hydrogen (secondary N) is 1. The molecule has 7 nitrogen and oxygen atoms in total. The van der Waals surface area contributed by atoms with Gasteiger partial charge >= 0.3 is 0 Å². The van der Waals surface area contributed by atoms with Crippen molar-refractivity contribution in [3.8, 4) is 5.75 Å². The number of carbonyl (C=O) groups excluding carboxylic acids is 1. The maximum absolute atomic E-state index is 12.6. The zero-order chi connectivity index (χ0) is 20.9. The molecule has 0 saturated heterocycles. The zero-order valence-corrected chi connectivity index (χ0v) is 16.4. The van der Waals surface area contributed by atoms with Crippen LogP contribution < -0.4 is 15.6 Å². The molecular formula is C23H21N3O4. The highest BCUT2D eigenvalue weighted by molar-refractivity contribution is 5.92. The third-order valence-corrected chi connectivity index (χ3v) is 4.63. The average molecular weight is 403 g/mol. The first-order valence-corrected chi connectivity index (χ1v) is 9.65. The molecule has 0 aliphatic heterocycles. The molecule has 0 spiro atoms. The van der Waals surface area contributed by atoms with Gasteiger partial charge in [0.1, 0.15) is 29.4 Å². The molecule has 30 heavy (non-hydrogen) atoms. The minimum Gasteiger partial charge on any atom is -0.492 e. The number of ether oxygens (including phenoxy) is 1. The summed E-state index contributed by atoms with van der Waals surface area (Å²) < 4.78 is 12.6. The lowest BCUT2D eigenvalue weighted by Gasteiger charge is -2.12. The van der Waals surface area contributed by atoms with Crippen LogP contribution in [0, 0.1) is 0 Å². The van der Waals surface area contributed by atoms with Crippen molar-refractivity contribution >= 4 is 16.9 Å². The molecular weight excluding hydrogens is 382 g/mol. The molecule has 2 aromatic carbocycles. The molecule has 2 heterocycles. The molecule has 7 heteroatoms. The van der Waals surface area contributed by atoms with Gasteiger partial charge in [-0.05, 0) is 37.3 Å². The number of nitrogens with zero attached hydrogens (tertiary/aromatic N) is 2. The van der Waals surface area contributed by atoms with E-state index in [1.807, 2.05) is 67.6 Å². The summed E-state index contributed by atoms with van der Waals surface area (Å²) in [5.74, 6) is 0.967. The molecule has 1 N–H and O–H groups in total. The molecule has 0 aliphatic carbocycles. The van der Waals surface area contributed by atoms with Crippen molar-refractivity contribution in [2.45, 2.75) is 19.5 Å². The quantitative estimate of drug-likeness (QED) is 0.510. The SMILES string of the molecule is CC(NC(=O)c1ccc(=O)n(CCOc2ccccc2)n1)c1cc2ccccc2o1. The number of hydrogen-bond acceptors (Lipinski definition) is 5. The Bertz CT molecular complexity index is 1180. The molecule has 0 radical (unpaired) electrons. The molecule has 152 valence electrons. The fourth-order valence-corrected chi connectivity index (χ4v) is 3.05.